The fourth-order valence-corrected chi connectivity index (χ4v) is 3.38. The second kappa shape index (κ2) is 6.42. The van der Waals surface area contributed by atoms with Crippen molar-refractivity contribution in [3.05, 3.63) is 54.6 Å². The number of sulfonamides is 1. The molecule has 0 aromatic heterocycles. The summed E-state index contributed by atoms with van der Waals surface area (Å²) in [5.74, 6) is -0.554. The number of benzene rings is 2. The number of hydrogen-bond donors (Lipinski definition) is 3. The van der Waals surface area contributed by atoms with Gasteiger partial charge in [0, 0.05) is 6.54 Å². The van der Waals surface area contributed by atoms with E-state index in [0.717, 1.165) is 11.1 Å². The van der Waals surface area contributed by atoms with Gasteiger partial charge in [-0.3, -0.25) is 10.1 Å². The third-order valence-electron chi connectivity index (χ3n) is 3.61. The van der Waals surface area contributed by atoms with Crippen LogP contribution in [0.5, 0.6) is 0 Å². The molecule has 0 unspecified atom stereocenters. The second-order valence-corrected chi connectivity index (χ2v) is 7.02. The van der Waals surface area contributed by atoms with Gasteiger partial charge in [0.25, 0.3) is 5.91 Å². The predicted molar refractivity (Wildman–Crippen MR) is 87.5 cm³/mol. The Kier molecular flexibility index (Phi) is 4.32. The largest absolute Gasteiger partial charge is 0.325 e. The minimum Gasteiger partial charge on any atom is -0.325 e. The fourth-order valence-electron chi connectivity index (χ4n) is 2.34. The normalized spacial score (nSPS) is 17.4. The molecule has 2 aromatic rings. The first-order chi connectivity index (χ1) is 11.5. The van der Waals surface area contributed by atoms with Crippen LogP contribution in [0.1, 0.15) is 0 Å². The van der Waals surface area contributed by atoms with Crippen molar-refractivity contribution in [2.24, 2.45) is 0 Å². The van der Waals surface area contributed by atoms with Crippen LogP contribution >= 0.6 is 0 Å². The lowest BCUT2D eigenvalue weighted by atomic mass is 10.1. The van der Waals surface area contributed by atoms with Gasteiger partial charge in [-0.1, -0.05) is 42.5 Å². The standard InChI is InChI=1S/C16H15N3O4S/c20-15-14(18-16(21)19-15)10-17-24(22,23)13-8-6-12(7-9-13)11-4-2-1-3-5-11/h1-9,14,17H,10H2,(H2,18,19,20,21)/t14-/m0/s1. The maximum Gasteiger partial charge on any atom is 0.322 e. The lowest BCUT2D eigenvalue weighted by Gasteiger charge is -2.10. The molecular weight excluding hydrogens is 330 g/mol. The summed E-state index contributed by atoms with van der Waals surface area (Å²) in [7, 11) is -3.77. The van der Waals surface area contributed by atoms with Crippen LogP contribution in [0.4, 0.5) is 4.79 Å². The van der Waals surface area contributed by atoms with E-state index in [0.29, 0.717) is 0 Å². The summed E-state index contributed by atoms with van der Waals surface area (Å²) in [6, 6.07) is 14.5. The molecule has 0 bridgehead atoms. The molecule has 1 fully saturated rings. The summed E-state index contributed by atoms with van der Waals surface area (Å²) in [5, 5.41) is 4.38. The molecule has 1 heterocycles. The van der Waals surface area contributed by atoms with E-state index in [1.165, 1.54) is 12.1 Å². The van der Waals surface area contributed by atoms with Gasteiger partial charge < -0.3 is 5.32 Å². The van der Waals surface area contributed by atoms with Crippen LogP contribution in [0.2, 0.25) is 0 Å². The zero-order valence-corrected chi connectivity index (χ0v) is 13.3. The first-order valence-electron chi connectivity index (χ1n) is 7.22. The first-order valence-corrected chi connectivity index (χ1v) is 8.70. The number of urea groups is 1. The van der Waals surface area contributed by atoms with Crippen LogP contribution in [0.3, 0.4) is 0 Å². The zero-order valence-electron chi connectivity index (χ0n) is 12.5. The number of nitrogens with one attached hydrogen (secondary N) is 3. The maximum absolute atomic E-state index is 12.3. The molecule has 1 aliphatic heterocycles. The molecular formula is C16H15N3O4S. The third kappa shape index (κ3) is 3.44. The Morgan fingerprint density at radius 1 is 0.917 bits per heavy atom. The zero-order chi connectivity index (χ0) is 17.2. The number of hydrogen-bond acceptors (Lipinski definition) is 4. The molecule has 1 atom stereocenters. The minimum absolute atomic E-state index is 0.0897. The van der Waals surface area contributed by atoms with Crippen LogP contribution in [0, 0.1) is 0 Å². The summed E-state index contributed by atoms with van der Waals surface area (Å²) in [6.07, 6.45) is 0. The predicted octanol–water partition coefficient (Wildman–Crippen LogP) is 0.840. The topological polar surface area (TPSA) is 104 Å². The van der Waals surface area contributed by atoms with Crippen LogP contribution in [0.15, 0.2) is 59.5 Å². The average molecular weight is 345 g/mol. The molecule has 0 aliphatic carbocycles. The van der Waals surface area contributed by atoms with Crippen molar-refractivity contribution in [1.29, 1.82) is 0 Å². The Labute approximate surface area is 139 Å². The van der Waals surface area contributed by atoms with Gasteiger partial charge in [0.15, 0.2) is 0 Å². The number of rotatable bonds is 5. The Morgan fingerprint density at radius 3 is 2.12 bits per heavy atom. The van der Waals surface area contributed by atoms with Crippen molar-refractivity contribution in [2.75, 3.05) is 6.54 Å². The van der Waals surface area contributed by atoms with Crippen molar-refractivity contribution in [2.45, 2.75) is 10.9 Å². The van der Waals surface area contributed by atoms with Gasteiger partial charge in [0.1, 0.15) is 6.04 Å². The van der Waals surface area contributed by atoms with E-state index in [9.17, 15) is 18.0 Å². The summed E-state index contributed by atoms with van der Waals surface area (Å²) in [4.78, 5) is 22.5. The molecule has 0 radical (unpaired) electrons. The second-order valence-electron chi connectivity index (χ2n) is 5.26. The summed E-state index contributed by atoms with van der Waals surface area (Å²) in [6.45, 7) is -0.208. The molecule has 7 nitrogen and oxygen atoms in total. The third-order valence-corrected chi connectivity index (χ3v) is 5.05. The fraction of sp³-hybridized carbons (Fsp3) is 0.125. The molecule has 1 saturated heterocycles. The van der Waals surface area contributed by atoms with Crippen molar-refractivity contribution in [3.8, 4) is 11.1 Å². The van der Waals surface area contributed by atoms with E-state index in [4.69, 9.17) is 0 Å². The van der Waals surface area contributed by atoms with Gasteiger partial charge in [0.05, 0.1) is 4.90 Å². The highest BCUT2D eigenvalue weighted by molar-refractivity contribution is 7.89. The van der Waals surface area contributed by atoms with Crippen LogP contribution < -0.4 is 15.4 Å². The Balaban J connectivity index is 1.71. The van der Waals surface area contributed by atoms with Crippen LogP contribution in [-0.4, -0.2) is 32.9 Å². The molecule has 124 valence electrons. The van der Waals surface area contributed by atoms with Crippen LogP contribution in [0.25, 0.3) is 11.1 Å². The molecule has 24 heavy (non-hydrogen) atoms. The monoisotopic (exact) mass is 345 g/mol. The van der Waals surface area contributed by atoms with E-state index in [1.807, 2.05) is 35.6 Å². The van der Waals surface area contributed by atoms with Crippen molar-refractivity contribution in [1.82, 2.24) is 15.4 Å². The maximum atomic E-state index is 12.3. The minimum atomic E-state index is -3.77. The Morgan fingerprint density at radius 2 is 1.54 bits per heavy atom. The van der Waals surface area contributed by atoms with Crippen molar-refractivity contribution in [3.63, 3.8) is 0 Å². The molecule has 0 spiro atoms. The van der Waals surface area contributed by atoms with Crippen molar-refractivity contribution >= 4 is 22.0 Å². The summed E-state index contributed by atoms with van der Waals surface area (Å²) in [5.41, 5.74) is 1.89. The van der Waals surface area contributed by atoms with Crippen molar-refractivity contribution < 1.29 is 18.0 Å². The quantitative estimate of drug-likeness (QED) is 0.699. The smallest absolute Gasteiger partial charge is 0.322 e. The number of imide groups is 1. The number of carbonyl (C=O) groups is 2. The van der Waals surface area contributed by atoms with Gasteiger partial charge in [0.2, 0.25) is 10.0 Å². The van der Waals surface area contributed by atoms with E-state index in [-0.39, 0.29) is 11.4 Å². The summed E-state index contributed by atoms with van der Waals surface area (Å²) < 4.78 is 26.9. The Bertz CT molecular complexity index is 864. The van der Waals surface area contributed by atoms with Gasteiger partial charge in [-0.2, -0.15) is 0 Å². The lowest BCUT2D eigenvalue weighted by Crippen LogP contribution is -2.41. The number of amides is 3. The molecule has 1 aliphatic rings. The van der Waals surface area contributed by atoms with Gasteiger partial charge in [-0.25, -0.2) is 17.9 Å². The van der Waals surface area contributed by atoms with E-state index in [2.05, 4.69) is 10.0 Å². The van der Waals surface area contributed by atoms with Crippen LogP contribution in [-0.2, 0) is 14.8 Å². The van der Waals surface area contributed by atoms with Gasteiger partial charge in [-0.05, 0) is 23.3 Å². The lowest BCUT2D eigenvalue weighted by molar-refractivity contribution is -0.120. The molecule has 3 amide bonds. The molecule has 3 rings (SSSR count). The highest BCUT2D eigenvalue weighted by atomic mass is 32.2. The van der Waals surface area contributed by atoms with Gasteiger partial charge in [-0.15, -0.1) is 0 Å². The highest BCUT2D eigenvalue weighted by Crippen LogP contribution is 2.20. The molecule has 8 heteroatoms. The first kappa shape index (κ1) is 16.2. The summed E-state index contributed by atoms with van der Waals surface area (Å²) >= 11 is 0. The van der Waals surface area contributed by atoms with Gasteiger partial charge >= 0.3 is 6.03 Å². The SMILES string of the molecule is O=C1NC(=O)[C@H](CNS(=O)(=O)c2ccc(-c3ccccc3)cc2)N1. The highest BCUT2D eigenvalue weighted by Gasteiger charge is 2.30. The molecule has 0 saturated carbocycles. The molecule has 2 aromatic carbocycles. The Hall–Kier alpha value is -2.71. The average Bonchev–Trinajstić information content (AvgIpc) is 2.92. The number of carbonyl (C=O) groups excluding carboxylic acids is 2. The van der Waals surface area contributed by atoms with E-state index >= 15 is 0 Å². The van der Waals surface area contributed by atoms with E-state index in [1.54, 1.807) is 12.1 Å². The molecule has 3 N–H and O–H groups in total. The van der Waals surface area contributed by atoms with E-state index < -0.39 is 28.0 Å².